The van der Waals surface area contributed by atoms with Gasteiger partial charge in [0.25, 0.3) is 0 Å². The molecule has 2 atom stereocenters. The first-order chi connectivity index (χ1) is 9.28. The van der Waals surface area contributed by atoms with Gasteiger partial charge in [0.2, 0.25) is 0 Å². The molecule has 0 unspecified atom stereocenters. The summed E-state index contributed by atoms with van der Waals surface area (Å²) in [5.41, 5.74) is 1.06. The third kappa shape index (κ3) is 4.70. The summed E-state index contributed by atoms with van der Waals surface area (Å²) in [6.07, 6.45) is 6.86. The second kappa shape index (κ2) is 7.32. The van der Waals surface area contributed by atoms with Crippen molar-refractivity contribution in [3.63, 3.8) is 0 Å². The highest BCUT2D eigenvalue weighted by Crippen LogP contribution is 2.32. The van der Waals surface area contributed by atoms with Crippen LogP contribution < -0.4 is 0 Å². The predicted octanol–water partition coefficient (Wildman–Crippen LogP) is 4.34. The predicted molar refractivity (Wildman–Crippen MR) is 76.6 cm³/mol. The average Bonchev–Trinajstić information content (AvgIpc) is 2.46. The van der Waals surface area contributed by atoms with Crippen LogP contribution in [-0.4, -0.2) is 5.97 Å². The summed E-state index contributed by atoms with van der Waals surface area (Å²) >= 11 is 0. The van der Waals surface area contributed by atoms with Crippen LogP contribution in [0.2, 0.25) is 0 Å². The molecular formula is C17H24O2. The number of carbonyl (C=O) groups excluding carboxylic acids is 1. The van der Waals surface area contributed by atoms with Gasteiger partial charge in [-0.25, -0.2) is 0 Å². The molecule has 2 heteroatoms. The maximum Gasteiger partial charge on any atom is 0.306 e. The van der Waals surface area contributed by atoms with E-state index in [4.69, 9.17) is 4.74 Å². The van der Waals surface area contributed by atoms with E-state index in [0.717, 1.165) is 11.5 Å². The summed E-state index contributed by atoms with van der Waals surface area (Å²) in [6, 6.07) is 9.88. The standard InChI is InChI=1S/C17H24O2/c1-2-14-9-6-10-16(11-14)12-17(18)19-13-15-7-4-3-5-8-15/h3-5,7-8,14,16H,2,6,9-13H2,1H3/t14-,16+/m0/s1. The molecule has 19 heavy (non-hydrogen) atoms. The molecule has 0 aliphatic heterocycles. The first-order valence-corrected chi connectivity index (χ1v) is 7.47. The summed E-state index contributed by atoms with van der Waals surface area (Å²) in [7, 11) is 0. The van der Waals surface area contributed by atoms with Gasteiger partial charge in [0, 0.05) is 6.42 Å². The fourth-order valence-electron chi connectivity index (χ4n) is 2.99. The highest BCUT2D eigenvalue weighted by molar-refractivity contribution is 5.69. The van der Waals surface area contributed by atoms with Gasteiger partial charge >= 0.3 is 5.97 Å². The van der Waals surface area contributed by atoms with E-state index >= 15 is 0 Å². The second-order valence-electron chi connectivity index (χ2n) is 5.66. The van der Waals surface area contributed by atoms with Gasteiger partial charge in [0.15, 0.2) is 0 Å². The van der Waals surface area contributed by atoms with Crippen molar-refractivity contribution in [2.75, 3.05) is 0 Å². The van der Waals surface area contributed by atoms with Gasteiger partial charge in [-0.2, -0.15) is 0 Å². The molecule has 0 amide bonds. The van der Waals surface area contributed by atoms with E-state index in [-0.39, 0.29) is 5.97 Å². The van der Waals surface area contributed by atoms with E-state index in [1.165, 1.54) is 32.1 Å². The summed E-state index contributed by atoms with van der Waals surface area (Å²) < 4.78 is 5.36. The van der Waals surface area contributed by atoms with Gasteiger partial charge < -0.3 is 4.74 Å². The first kappa shape index (κ1) is 14.1. The minimum Gasteiger partial charge on any atom is -0.461 e. The molecule has 2 nitrogen and oxygen atoms in total. The lowest BCUT2D eigenvalue weighted by Gasteiger charge is -2.27. The van der Waals surface area contributed by atoms with Crippen LogP contribution in [0.25, 0.3) is 0 Å². The zero-order valence-corrected chi connectivity index (χ0v) is 11.8. The van der Waals surface area contributed by atoms with E-state index in [0.29, 0.717) is 18.9 Å². The van der Waals surface area contributed by atoms with E-state index in [9.17, 15) is 4.79 Å². The van der Waals surface area contributed by atoms with Crippen molar-refractivity contribution in [1.82, 2.24) is 0 Å². The van der Waals surface area contributed by atoms with Crippen LogP contribution in [0.4, 0.5) is 0 Å². The van der Waals surface area contributed by atoms with Crippen molar-refractivity contribution in [3.05, 3.63) is 35.9 Å². The molecule has 1 aromatic carbocycles. The Hall–Kier alpha value is -1.31. The monoisotopic (exact) mass is 260 g/mol. The van der Waals surface area contributed by atoms with Gasteiger partial charge in [-0.05, 0) is 30.2 Å². The summed E-state index contributed by atoms with van der Waals surface area (Å²) in [5, 5.41) is 0. The number of benzene rings is 1. The molecule has 2 rings (SSSR count). The van der Waals surface area contributed by atoms with E-state index in [1.54, 1.807) is 0 Å². The zero-order chi connectivity index (χ0) is 13.5. The van der Waals surface area contributed by atoms with Crippen LogP contribution >= 0.6 is 0 Å². The highest BCUT2D eigenvalue weighted by Gasteiger charge is 2.23. The maximum absolute atomic E-state index is 11.9. The summed E-state index contributed by atoms with van der Waals surface area (Å²) in [4.78, 5) is 11.9. The van der Waals surface area contributed by atoms with Crippen LogP contribution in [0.15, 0.2) is 30.3 Å². The van der Waals surface area contributed by atoms with E-state index in [1.807, 2.05) is 30.3 Å². The Labute approximate surface area is 116 Å². The molecule has 0 saturated heterocycles. The lowest BCUT2D eigenvalue weighted by molar-refractivity contribution is -0.146. The largest absolute Gasteiger partial charge is 0.461 e. The molecule has 1 saturated carbocycles. The molecule has 1 fully saturated rings. The quantitative estimate of drug-likeness (QED) is 0.736. The summed E-state index contributed by atoms with van der Waals surface area (Å²) in [5.74, 6) is 1.33. The summed E-state index contributed by atoms with van der Waals surface area (Å²) in [6.45, 7) is 2.66. The van der Waals surface area contributed by atoms with Crippen molar-refractivity contribution in [2.24, 2.45) is 11.8 Å². The van der Waals surface area contributed by atoms with Crippen molar-refractivity contribution < 1.29 is 9.53 Å². The van der Waals surface area contributed by atoms with Crippen LogP contribution in [0.1, 0.15) is 51.0 Å². The van der Waals surface area contributed by atoms with Crippen molar-refractivity contribution in [3.8, 4) is 0 Å². The fraction of sp³-hybridized carbons (Fsp3) is 0.588. The average molecular weight is 260 g/mol. The Bertz CT molecular complexity index is 386. The maximum atomic E-state index is 11.9. The smallest absolute Gasteiger partial charge is 0.306 e. The normalized spacial score (nSPS) is 23.0. The lowest BCUT2D eigenvalue weighted by Crippen LogP contribution is -2.19. The minimum atomic E-state index is -0.0365. The van der Waals surface area contributed by atoms with Crippen molar-refractivity contribution in [1.29, 1.82) is 0 Å². The second-order valence-corrected chi connectivity index (χ2v) is 5.66. The molecular weight excluding hydrogens is 236 g/mol. The van der Waals surface area contributed by atoms with Crippen LogP contribution in [0, 0.1) is 11.8 Å². The molecule has 1 aromatic rings. The fourth-order valence-corrected chi connectivity index (χ4v) is 2.99. The molecule has 0 aromatic heterocycles. The lowest BCUT2D eigenvalue weighted by atomic mass is 9.79. The van der Waals surface area contributed by atoms with Crippen molar-refractivity contribution >= 4 is 5.97 Å². The Morgan fingerprint density at radius 3 is 2.68 bits per heavy atom. The minimum absolute atomic E-state index is 0.0365. The number of rotatable bonds is 5. The molecule has 0 radical (unpaired) electrons. The van der Waals surface area contributed by atoms with Crippen LogP contribution in [0.3, 0.4) is 0 Å². The SMILES string of the molecule is CC[C@H]1CCC[C@@H](CC(=O)OCc2ccccc2)C1. The molecule has 104 valence electrons. The molecule has 1 aliphatic carbocycles. The molecule has 1 aliphatic rings. The highest BCUT2D eigenvalue weighted by atomic mass is 16.5. The third-order valence-corrected chi connectivity index (χ3v) is 4.17. The van der Waals surface area contributed by atoms with Gasteiger partial charge in [-0.15, -0.1) is 0 Å². The molecule has 0 N–H and O–H groups in total. The third-order valence-electron chi connectivity index (χ3n) is 4.17. The Balaban J connectivity index is 1.72. The van der Waals surface area contributed by atoms with E-state index in [2.05, 4.69) is 6.92 Å². The number of esters is 1. The number of carbonyl (C=O) groups is 1. The zero-order valence-electron chi connectivity index (χ0n) is 11.8. The number of hydrogen-bond donors (Lipinski definition) is 0. The Kier molecular flexibility index (Phi) is 5.44. The molecule has 0 bridgehead atoms. The van der Waals surface area contributed by atoms with Crippen LogP contribution in [0.5, 0.6) is 0 Å². The van der Waals surface area contributed by atoms with Crippen LogP contribution in [-0.2, 0) is 16.1 Å². The Morgan fingerprint density at radius 1 is 1.21 bits per heavy atom. The van der Waals surface area contributed by atoms with Gasteiger partial charge in [0.05, 0.1) is 0 Å². The van der Waals surface area contributed by atoms with Gasteiger partial charge in [-0.1, -0.05) is 56.5 Å². The number of ether oxygens (including phenoxy) is 1. The van der Waals surface area contributed by atoms with E-state index < -0.39 is 0 Å². The van der Waals surface area contributed by atoms with Crippen molar-refractivity contribution in [2.45, 2.75) is 52.1 Å². The molecule has 0 heterocycles. The molecule has 0 spiro atoms. The number of hydrogen-bond acceptors (Lipinski definition) is 2. The topological polar surface area (TPSA) is 26.3 Å². The van der Waals surface area contributed by atoms with Gasteiger partial charge in [-0.3, -0.25) is 4.79 Å². The first-order valence-electron chi connectivity index (χ1n) is 7.47. The van der Waals surface area contributed by atoms with Gasteiger partial charge in [0.1, 0.15) is 6.61 Å². The Morgan fingerprint density at radius 2 is 1.95 bits per heavy atom.